The van der Waals surface area contributed by atoms with Crippen molar-refractivity contribution < 1.29 is 7.16 Å². The summed E-state index contributed by atoms with van der Waals surface area (Å²) in [5, 5.41) is 1.99. The average Bonchev–Trinajstić information content (AvgIpc) is 2.98. The molecule has 0 aliphatic heterocycles. The van der Waals surface area contributed by atoms with Gasteiger partial charge in [0.05, 0.1) is 5.69 Å². The van der Waals surface area contributed by atoms with Crippen LogP contribution in [0.1, 0.15) is 34.8 Å². The van der Waals surface area contributed by atoms with Crippen molar-refractivity contribution in [2.45, 2.75) is 34.1 Å². The molecular weight excluding hydrogens is 308 g/mol. The molecule has 0 radical (unpaired) electrons. The number of hydrogen-bond donors (Lipinski definition) is 0. The molecule has 0 spiro atoms. The van der Waals surface area contributed by atoms with E-state index in [1.165, 1.54) is 0 Å². The minimum Gasteiger partial charge on any atom is -0.437 e. The van der Waals surface area contributed by atoms with Gasteiger partial charge >= 0.3 is 0 Å². The molecule has 0 aliphatic carbocycles. The Morgan fingerprint density at radius 2 is 1.88 bits per heavy atom. The van der Waals surface area contributed by atoms with Gasteiger partial charge in [-0.05, 0) is 48.5 Å². The first-order valence-corrected chi connectivity index (χ1v) is 8.44. The van der Waals surface area contributed by atoms with E-state index in [2.05, 4.69) is 9.97 Å². The number of rotatable bonds is 2. The van der Waals surface area contributed by atoms with E-state index in [9.17, 15) is 0 Å². The zero-order valence-corrected chi connectivity index (χ0v) is 14.9. The van der Waals surface area contributed by atoms with Crippen LogP contribution in [-0.4, -0.2) is 9.97 Å². The Morgan fingerprint density at radius 3 is 2.60 bits per heavy atom. The second-order valence-electron chi connectivity index (χ2n) is 7.40. The lowest BCUT2D eigenvalue weighted by molar-refractivity contribution is 0.411. The summed E-state index contributed by atoms with van der Waals surface area (Å²) in [4.78, 5) is 9.03. The van der Waals surface area contributed by atoms with Crippen molar-refractivity contribution in [1.82, 2.24) is 9.97 Å². The summed E-state index contributed by atoms with van der Waals surface area (Å²) in [5.41, 5.74) is 3.99. The quantitative estimate of drug-likeness (QED) is 0.456. The van der Waals surface area contributed by atoms with E-state index in [-0.39, 0.29) is 0 Å². The zero-order chi connectivity index (χ0) is 19.4. The molecule has 126 valence electrons. The van der Waals surface area contributed by atoms with E-state index in [1.807, 2.05) is 70.2 Å². The van der Waals surface area contributed by atoms with Gasteiger partial charge in [0.2, 0.25) is 5.71 Å². The van der Waals surface area contributed by atoms with Crippen LogP contribution in [-0.2, 0) is 6.37 Å². The van der Waals surface area contributed by atoms with E-state index >= 15 is 0 Å². The van der Waals surface area contributed by atoms with E-state index in [0.29, 0.717) is 11.3 Å². The fraction of sp³-hybridized carbons (Fsp3) is 0.273. The van der Waals surface area contributed by atoms with Gasteiger partial charge in [0, 0.05) is 31.0 Å². The van der Waals surface area contributed by atoms with Crippen LogP contribution >= 0.6 is 0 Å². The number of pyridine rings is 2. The highest BCUT2D eigenvalue weighted by Crippen LogP contribution is 2.34. The third-order valence-electron chi connectivity index (χ3n) is 4.06. The fourth-order valence-electron chi connectivity index (χ4n) is 3.03. The van der Waals surface area contributed by atoms with Crippen molar-refractivity contribution >= 4 is 22.1 Å². The minimum absolute atomic E-state index is 0.515. The lowest BCUT2D eigenvalue weighted by atomic mass is 9.89. The highest BCUT2D eigenvalue weighted by atomic mass is 16.3. The molecule has 0 bridgehead atoms. The maximum absolute atomic E-state index is 8.42. The normalized spacial score (nSPS) is 13.9. The molecule has 4 aromatic rings. The summed E-state index contributed by atoms with van der Waals surface area (Å²) >= 11 is 0. The molecule has 0 saturated heterocycles. The molecular formula is C22H22N2O. The molecule has 0 saturated carbocycles. The highest BCUT2D eigenvalue weighted by molar-refractivity contribution is 6.08. The largest absolute Gasteiger partial charge is 0.437 e. The summed E-state index contributed by atoms with van der Waals surface area (Å²) in [6.07, 6.45) is 0.163. The third kappa shape index (κ3) is 3.02. The first kappa shape index (κ1) is 13.6. The standard InChI is InChI=1S/C22H22N2O/c1-14-8-10-17-16-6-5-7-18(20(16)25-21(17)24-14)19-11-9-15(13-23-19)12-22(2,3)4/h5-11,13H,12H2,1-4H3/i12D2. The molecule has 1 aromatic carbocycles. The number of furan rings is 1. The summed E-state index contributed by atoms with van der Waals surface area (Å²) in [7, 11) is 0. The van der Waals surface area contributed by atoms with Gasteiger partial charge in [-0.15, -0.1) is 0 Å². The molecule has 0 aliphatic rings. The van der Waals surface area contributed by atoms with Crippen LogP contribution in [0.25, 0.3) is 33.3 Å². The molecule has 3 heteroatoms. The smallest absolute Gasteiger partial charge is 0.227 e. The van der Waals surface area contributed by atoms with Crippen molar-refractivity contribution in [3.8, 4) is 11.3 Å². The number of nitrogens with zero attached hydrogens (tertiary/aromatic N) is 2. The Morgan fingerprint density at radius 1 is 1.04 bits per heavy atom. The topological polar surface area (TPSA) is 38.9 Å². The van der Waals surface area contributed by atoms with Gasteiger partial charge in [0.25, 0.3) is 0 Å². The molecule has 0 unspecified atom stereocenters. The lowest BCUT2D eigenvalue weighted by Crippen LogP contribution is -2.09. The van der Waals surface area contributed by atoms with Crippen molar-refractivity contribution in [2.75, 3.05) is 0 Å². The van der Waals surface area contributed by atoms with E-state index in [4.69, 9.17) is 7.16 Å². The Labute approximate surface area is 150 Å². The van der Waals surface area contributed by atoms with Crippen molar-refractivity contribution in [1.29, 1.82) is 0 Å². The Balaban J connectivity index is 1.84. The van der Waals surface area contributed by atoms with Crippen LogP contribution in [0.15, 0.2) is 53.1 Å². The molecule has 0 amide bonds. The van der Waals surface area contributed by atoms with Gasteiger partial charge in [-0.25, -0.2) is 4.98 Å². The summed E-state index contributed by atoms with van der Waals surface area (Å²) < 4.78 is 22.9. The number of aryl methyl sites for hydroxylation is 1. The zero-order valence-electron chi connectivity index (χ0n) is 16.9. The lowest BCUT2D eigenvalue weighted by Gasteiger charge is -2.17. The predicted octanol–water partition coefficient (Wildman–Crippen LogP) is 5.94. The SMILES string of the molecule is [2H]C([2H])(c1ccc(-c2cccc3c2oc2nc(C)ccc23)nc1)C(C)(C)C. The number of hydrogen-bond acceptors (Lipinski definition) is 3. The molecule has 3 aromatic heterocycles. The third-order valence-corrected chi connectivity index (χ3v) is 4.06. The van der Waals surface area contributed by atoms with Crippen LogP contribution in [0.2, 0.25) is 0 Å². The molecule has 0 atom stereocenters. The first-order chi connectivity index (χ1) is 12.7. The monoisotopic (exact) mass is 332 g/mol. The maximum atomic E-state index is 8.42. The second kappa shape index (κ2) is 5.69. The van der Waals surface area contributed by atoms with E-state index in [1.54, 1.807) is 6.20 Å². The summed E-state index contributed by atoms with van der Waals surface area (Å²) in [6.45, 7) is 7.62. The first-order valence-electron chi connectivity index (χ1n) is 9.44. The van der Waals surface area contributed by atoms with Crippen LogP contribution in [0.5, 0.6) is 0 Å². The minimum atomic E-state index is -1.47. The van der Waals surface area contributed by atoms with Crippen LogP contribution < -0.4 is 0 Å². The van der Waals surface area contributed by atoms with Crippen molar-refractivity contribution in [3.05, 3.63) is 59.9 Å². The van der Waals surface area contributed by atoms with Crippen LogP contribution in [0, 0.1) is 12.3 Å². The predicted molar refractivity (Wildman–Crippen MR) is 103 cm³/mol. The Kier molecular flexibility index (Phi) is 3.10. The average molecular weight is 332 g/mol. The van der Waals surface area contributed by atoms with E-state index < -0.39 is 11.8 Å². The molecule has 0 fully saturated rings. The van der Waals surface area contributed by atoms with Gasteiger partial charge in [0.15, 0.2) is 0 Å². The number of benzene rings is 1. The molecule has 3 heterocycles. The second-order valence-corrected chi connectivity index (χ2v) is 7.40. The number of fused-ring (bicyclic) bond motifs is 3. The summed E-state index contributed by atoms with van der Waals surface area (Å²) in [5.74, 6) is 0. The fourth-order valence-corrected chi connectivity index (χ4v) is 3.03. The van der Waals surface area contributed by atoms with Crippen molar-refractivity contribution in [2.24, 2.45) is 5.41 Å². The van der Waals surface area contributed by atoms with Gasteiger partial charge in [0.1, 0.15) is 5.58 Å². The van der Waals surface area contributed by atoms with Gasteiger partial charge in [-0.2, -0.15) is 0 Å². The summed E-state index contributed by atoms with van der Waals surface area (Å²) in [6, 6.07) is 13.7. The van der Waals surface area contributed by atoms with Gasteiger partial charge in [-0.3, -0.25) is 4.98 Å². The van der Waals surface area contributed by atoms with Gasteiger partial charge < -0.3 is 4.42 Å². The van der Waals surface area contributed by atoms with Crippen LogP contribution in [0.3, 0.4) is 0 Å². The molecule has 3 nitrogen and oxygen atoms in total. The van der Waals surface area contributed by atoms with Crippen LogP contribution in [0.4, 0.5) is 0 Å². The number of para-hydroxylation sites is 1. The molecule has 4 rings (SSSR count). The number of aromatic nitrogens is 2. The highest BCUT2D eigenvalue weighted by Gasteiger charge is 2.15. The maximum Gasteiger partial charge on any atom is 0.227 e. The Bertz CT molecular complexity index is 1140. The molecule has 0 N–H and O–H groups in total. The Hall–Kier alpha value is -2.68. The molecule has 25 heavy (non-hydrogen) atoms. The van der Waals surface area contributed by atoms with Crippen molar-refractivity contribution in [3.63, 3.8) is 0 Å². The van der Waals surface area contributed by atoms with E-state index in [0.717, 1.165) is 33.3 Å². The van der Waals surface area contributed by atoms with Gasteiger partial charge in [-0.1, -0.05) is 39.0 Å².